The molecule has 106 valence electrons. The fraction of sp³-hybridized carbons (Fsp3) is 0.357. The first kappa shape index (κ1) is 14.5. The van der Waals surface area contributed by atoms with Gasteiger partial charge >= 0.3 is 0 Å². The van der Waals surface area contributed by atoms with Gasteiger partial charge in [-0.2, -0.15) is 0 Å². The average molecular weight is 294 g/mol. The fourth-order valence-electron chi connectivity index (χ4n) is 2.15. The maximum absolute atomic E-state index is 12.6. The topological polar surface area (TPSA) is 67.8 Å². The number of H-pyrrole nitrogens is 1. The Morgan fingerprint density at radius 3 is 2.65 bits per heavy atom. The van der Waals surface area contributed by atoms with Gasteiger partial charge in [0.2, 0.25) is 5.78 Å². The lowest BCUT2D eigenvalue weighted by molar-refractivity contribution is 0.103. The third-order valence-corrected chi connectivity index (χ3v) is 3.43. The molecule has 5 nitrogen and oxygen atoms in total. The minimum absolute atomic E-state index is 0.196. The van der Waals surface area contributed by atoms with Gasteiger partial charge in [-0.3, -0.25) is 19.4 Å². The first-order valence-corrected chi connectivity index (χ1v) is 6.86. The molecule has 0 saturated carbocycles. The zero-order chi connectivity index (χ0) is 14.9. The first-order valence-electron chi connectivity index (χ1n) is 6.49. The minimum Gasteiger partial charge on any atom is -0.299 e. The summed E-state index contributed by atoms with van der Waals surface area (Å²) >= 11 is 5.79. The lowest BCUT2D eigenvalue weighted by Crippen LogP contribution is -2.22. The second-order valence-electron chi connectivity index (χ2n) is 4.46. The Hall–Kier alpha value is -1.88. The van der Waals surface area contributed by atoms with Crippen LogP contribution >= 0.6 is 11.6 Å². The Kier molecular flexibility index (Phi) is 4.09. The number of nitrogens with zero attached hydrogens (tertiary/aromatic N) is 2. The Labute approximate surface area is 121 Å². The zero-order valence-electron chi connectivity index (χ0n) is 11.7. The number of halogens is 1. The van der Waals surface area contributed by atoms with Crippen LogP contribution in [-0.2, 0) is 13.0 Å². The van der Waals surface area contributed by atoms with Gasteiger partial charge in [0.25, 0.3) is 5.56 Å². The summed E-state index contributed by atoms with van der Waals surface area (Å²) in [6, 6.07) is 3.16. The molecule has 0 unspecified atom stereocenters. The summed E-state index contributed by atoms with van der Waals surface area (Å²) in [4.78, 5) is 28.9. The van der Waals surface area contributed by atoms with Crippen LogP contribution in [0.4, 0.5) is 0 Å². The van der Waals surface area contributed by atoms with Crippen LogP contribution in [0.1, 0.15) is 41.2 Å². The van der Waals surface area contributed by atoms with Gasteiger partial charge in [0.05, 0.1) is 5.69 Å². The minimum atomic E-state index is -0.308. The predicted octanol–water partition coefficient (Wildman–Crippen LogP) is 2.35. The second-order valence-corrected chi connectivity index (χ2v) is 4.85. The summed E-state index contributed by atoms with van der Waals surface area (Å²) in [5.41, 5.74) is 1.48. The van der Waals surface area contributed by atoms with E-state index in [0.717, 1.165) is 0 Å². The van der Waals surface area contributed by atoms with Crippen LogP contribution in [0.5, 0.6) is 0 Å². The summed E-state index contributed by atoms with van der Waals surface area (Å²) in [5, 5.41) is 3.30. The highest BCUT2D eigenvalue weighted by Gasteiger charge is 2.22. The number of pyridine rings is 1. The molecule has 0 fully saturated rings. The molecule has 20 heavy (non-hydrogen) atoms. The van der Waals surface area contributed by atoms with Crippen molar-refractivity contribution in [2.45, 2.75) is 33.7 Å². The maximum atomic E-state index is 12.6. The summed E-state index contributed by atoms with van der Waals surface area (Å²) in [7, 11) is 0. The van der Waals surface area contributed by atoms with E-state index in [4.69, 9.17) is 11.6 Å². The Bertz CT molecular complexity index is 716. The lowest BCUT2D eigenvalue weighted by Gasteiger charge is -2.03. The summed E-state index contributed by atoms with van der Waals surface area (Å²) in [5.74, 6) is -0.308. The monoisotopic (exact) mass is 293 g/mol. The molecule has 0 atom stereocenters. The van der Waals surface area contributed by atoms with Crippen molar-refractivity contribution in [1.29, 1.82) is 0 Å². The number of hydrogen-bond donors (Lipinski definition) is 1. The van der Waals surface area contributed by atoms with Gasteiger partial charge in [0.15, 0.2) is 0 Å². The fourth-order valence-corrected chi connectivity index (χ4v) is 2.34. The number of carbonyl (C=O) groups is 1. The smallest absolute Gasteiger partial charge is 0.278 e. The largest absolute Gasteiger partial charge is 0.299 e. The lowest BCUT2D eigenvalue weighted by atomic mass is 10.0. The van der Waals surface area contributed by atoms with Crippen LogP contribution in [0.15, 0.2) is 16.9 Å². The zero-order valence-corrected chi connectivity index (χ0v) is 12.4. The SMILES string of the molecule is CCc1[nH]n(CC)c(=O)c1C(=O)c1ccc(Cl)nc1C. The number of ketones is 1. The molecule has 0 aliphatic heterocycles. The van der Waals surface area contributed by atoms with Crippen molar-refractivity contribution < 1.29 is 4.79 Å². The number of hydrogen-bond acceptors (Lipinski definition) is 3. The number of nitrogens with one attached hydrogen (secondary N) is 1. The highest BCUT2D eigenvalue weighted by Crippen LogP contribution is 2.16. The highest BCUT2D eigenvalue weighted by atomic mass is 35.5. The second kappa shape index (κ2) is 5.63. The third-order valence-electron chi connectivity index (χ3n) is 3.22. The van der Waals surface area contributed by atoms with Crippen LogP contribution in [0.3, 0.4) is 0 Å². The normalized spacial score (nSPS) is 10.8. The number of aryl methyl sites for hydroxylation is 3. The molecule has 0 aliphatic rings. The predicted molar refractivity (Wildman–Crippen MR) is 77.5 cm³/mol. The molecule has 0 amide bonds. The Balaban J connectivity index is 2.59. The molecule has 2 aromatic rings. The molecule has 0 spiro atoms. The third kappa shape index (κ3) is 2.41. The average Bonchev–Trinajstić information content (AvgIpc) is 2.74. The van der Waals surface area contributed by atoms with Crippen LogP contribution in [-0.4, -0.2) is 20.5 Å². The van der Waals surface area contributed by atoms with Crippen molar-refractivity contribution in [2.24, 2.45) is 0 Å². The molecule has 0 aliphatic carbocycles. The van der Waals surface area contributed by atoms with Gasteiger partial charge in [-0.25, -0.2) is 4.98 Å². The van der Waals surface area contributed by atoms with E-state index in [1.807, 2.05) is 13.8 Å². The van der Waals surface area contributed by atoms with E-state index in [0.29, 0.717) is 35.1 Å². The summed E-state index contributed by atoms with van der Waals surface area (Å²) in [6.45, 7) is 5.95. The molecule has 0 bridgehead atoms. The number of aromatic amines is 1. The van der Waals surface area contributed by atoms with E-state index in [1.54, 1.807) is 19.1 Å². The molecule has 1 N–H and O–H groups in total. The summed E-state index contributed by atoms with van der Waals surface area (Å²) in [6.07, 6.45) is 0.587. The van der Waals surface area contributed by atoms with E-state index in [9.17, 15) is 9.59 Å². The van der Waals surface area contributed by atoms with E-state index in [2.05, 4.69) is 10.1 Å². The van der Waals surface area contributed by atoms with Gasteiger partial charge in [-0.05, 0) is 32.4 Å². The molecular formula is C14H16ClN3O2. The molecular weight excluding hydrogens is 278 g/mol. The molecule has 0 saturated heterocycles. The highest BCUT2D eigenvalue weighted by molar-refractivity contribution is 6.29. The number of rotatable bonds is 4. The van der Waals surface area contributed by atoms with E-state index >= 15 is 0 Å². The van der Waals surface area contributed by atoms with Crippen molar-refractivity contribution in [1.82, 2.24) is 14.8 Å². The van der Waals surface area contributed by atoms with Crippen molar-refractivity contribution >= 4 is 17.4 Å². The van der Waals surface area contributed by atoms with Crippen LogP contribution in [0.2, 0.25) is 5.15 Å². The van der Waals surface area contributed by atoms with E-state index < -0.39 is 0 Å². The van der Waals surface area contributed by atoms with E-state index in [-0.39, 0.29) is 16.9 Å². The van der Waals surface area contributed by atoms with Crippen molar-refractivity contribution in [3.8, 4) is 0 Å². The van der Waals surface area contributed by atoms with Gasteiger partial charge in [0.1, 0.15) is 10.7 Å². The molecule has 0 aromatic carbocycles. The summed E-state index contributed by atoms with van der Waals surface area (Å²) < 4.78 is 1.44. The maximum Gasteiger partial charge on any atom is 0.278 e. The van der Waals surface area contributed by atoms with Gasteiger partial charge in [-0.1, -0.05) is 18.5 Å². The molecule has 2 aromatic heterocycles. The van der Waals surface area contributed by atoms with Crippen LogP contribution < -0.4 is 5.56 Å². The quantitative estimate of drug-likeness (QED) is 0.695. The Morgan fingerprint density at radius 1 is 1.40 bits per heavy atom. The Morgan fingerprint density at radius 2 is 2.10 bits per heavy atom. The van der Waals surface area contributed by atoms with Gasteiger partial charge in [-0.15, -0.1) is 0 Å². The van der Waals surface area contributed by atoms with Gasteiger partial charge < -0.3 is 0 Å². The van der Waals surface area contributed by atoms with E-state index in [1.165, 1.54) is 4.68 Å². The van der Waals surface area contributed by atoms with Crippen molar-refractivity contribution in [3.63, 3.8) is 0 Å². The molecule has 0 radical (unpaired) electrons. The first-order chi connectivity index (χ1) is 9.49. The molecule has 6 heteroatoms. The van der Waals surface area contributed by atoms with Crippen molar-refractivity contribution in [2.75, 3.05) is 0 Å². The van der Waals surface area contributed by atoms with Crippen molar-refractivity contribution in [3.05, 3.63) is 50.2 Å². The van der Waals surface area contributed by atoms with Crippen LogP contribution in [0.25, 0.3) is 0 Å². The number of carbonyl (C=O) groups excluding carboxylic acids is 1. The molecule has 2 heterocycles. The van der Waals surface area contributed by atoms with Crippen LogP contribution in [0, 0.1) is 6.92 Å². The molecule has 2 rings (SSSR count). The number of aromatic nitrogens is 3. The van der Waals surface area contributed by atoms with Gasteiger partial charge in [0, 0.05) is 17.8 Å². The standard InChI is InChI=1S/C14H16ClN3O2/c1-4-10-12(14(20)18(5-2)17-10)13(19)9-6-7-11(15)16-8(9)3/h6-7,17H,4-5H2,1-3H3.